The van der Waals surface area contributed by atoms with Crippen molar-refractivity contribution in [2.24, 2.45) is 0 Å². The van der Waals surface area contributed by atoms with Gasteiger partial charge >= 0.3 is 0 Å². The van der Waals surface area contributed by atoms with Gasteiger partial charge in [0.2, 0.25) is 5.91 Å². The normalized spacial score (nSPS) is 11.7. The lowest BCUT2D eigenvalue weighted by molar-refractivity contribution is -0.115. The number of aromatic nitrogens is 3. The number of ether oxygens (including phenoxy) is 2. The summed E-state index contributed by atoms with van der Waals surface area (Å²) in [6, 6.07) is 21.4. The van der Waals surface area contributed by atoms with Gasteiger partial charge in [-0.25, -0.2) is 4.39 Å². The van der Waals surface area contributed by atoms with Gasteiger partial charge < -0.3 is 14.8 Å². The van der Waals surface area contributed by atoms with Crippen LogP contribution in [0.25, 0.3) is 11.4 Å². The zero-order chi connectivity index (χ0) is 24.8. The number of carbonyl (C=O) groups is 1. The molecule has 1 heterocycles. The molecule has 35 heavy (non-hydrogen) atoms. The van der Waals surface area contributed by atoms with Gasteiger partial charge in [0, 0.05) is 23.9 Å². The first-order valence-electron chi connectivity index (χ1n) is 10.9. The van der Waals surface area contributed by atoms with Crippen molar-refractivity contribution in [1.29, 1.82) is 0 Å². The molecule has 0 saturated heterocycles. The molecule has 7 nitrogen and oxygen atoms in total. The molecule has 0 saturated carbocycles. The van der Waals surface area contributed by atoms with Crippen LogP contribution in [0.15, 0.2) is 78.0 Å². The van der Waals surface area contributed by atoms with Crippen molar-refractivity contribution >= 4 is 23.4 Å². The molecular weight excluding hydrogens is 467 g/mol. The molecule has 1 atom stereocenters. The molecule has 0 radical (unpaired) electrons. The second kappa shape index (κ2) is 11.1. The standard InChI is InChI=1S/C26H25FN4O3S/c1-17(25(32)28-19-13-20(33-2)15-21(14-19)34-3)35-26-30-29-24(22-11-7-8-12-23(22)27)31(26)16-18-9-5-4-6-10-18/h4-15,17H,16H2,1-3H3,(H,28,32). The van der Waals surface area contributed by atoms with Crippen molar-refractivity contribution in [2.45, 2.75) is 23.9 Å². The van der Waals surface area contributed by atoms with Crippen LogP contribution in [0.5, 0.6) is 11.5 Å². The number of halogens is 1. The first-order chi connectivity index (χ1) is 17.0. The summed E-state index contributed by atoms with van der Waals surface area (Å²) < 4.78 is 27.0. The molecule has 3 aromatic carbocycles. The molecule has 9 heteroatoms. The van der Waals surface area contributed by atoms with Crippen molar-refractivity contribution in [2.75, 3.05) is 19.5 Å². The Bertz CT molecular complexity index is 1290. The van der Waals surface area contributed by atoms with Crippen LogP contribution in [-0.4, -0.2) is 40.1 Å². The van der Waals surface area contributed by atoms with Gasteiger partial charge in [0.05, 0.1) is 31.6 Å². The van der Waals surface area contributed by atoms with Crippen molar-refractivity contribution in [3.63, 3.8) is 0 Å². The van der Waals surface area contributed by atoms with Gasteiger partial charge in [-0.05, 0) is 24.6 Å². The average molecular weight is 493 g/mol. The number of nitrogens with zero attached hydrogens (tertiary/aromatic N) is 3. The van der Waals surface area contributed by atoms with E-state index in [1.54, 1.807) is 57.5 Å². The monoisotopic (exact) mass is 492 g/mol. The van der Waals surface area contributed by atoms with Gasteiger partial charge in [-0.1, -0.05) is 54.2 Å². The van der Waals surface area contributed by atoms with E-state index in [0.29, 0.717) is 40.3 Å². The maximum Gasteiger partial charge on any atom is 0.237 e. The quantitative estimate of drug-likeness (QED) is 0.321. The highest BCUT2D eigenvalue weighted by atomic mass is 32.2. The molecule has 0 spiro atoms. The minimum atomic E-state index is -0.514. The number of carbonyl (C=O) groups excluding carboxylic acids is 1. The summed E-state index contributed by atoms with van der Waals surface area (Å²) in [5.74, 6) is 0.921. The van der Waals surface area contributed by atoms with Crippen LogP contribution in [0.1, 0.15) is 12.5 Å². The van der Waals surface area contributed by atoms with Gasteiger partial charge in [0.15, 0.2) is 11.0 Å². The van der Waals surface area contributed by atoms with Crippen LogP contribution in [-0.2, 0) is 11.3 Å². The van der Waals surface area contributed by atoms with Crippen LogP contribution >= 0.6 is 11.8 Å². The third-order valence-corrected chi connectivity index (χ3v) is 6.37. The third kappa shape index (κ3) is 5.81. The number of thioether (sulfide) groups is 1. The summed E-state index contributed by atoms with van der Waals surface area (Å²) in [7, 11) is 3.09. The fourth-order valence-electron chi connectivity index (χ4n) is 3.46. The lowest BCUT2D eigenvalue weighted by atomic mass is 10.2. The zero-order valence-corrected chi connectivity index (χ0v) is 20.4. The van der Waals surface area contributed by atoms with Gasteiger partial charge in [-0.2, -0.15) is 0 Å². The van der Waals surface area contributed by atoms with E-state index in [2.05, 4.69) is 15.5 Å². The van der Waals surface area contributed by atoms with E-state index in [9.17, 15) is 9.18 Å². The largest absolute Gasteiger partial charge is 0.497 e. The SMILES string of the molecule is COc1cc(NC(=O)C(C)Sc2nnc(-c3ccccc3F)n2Cc2ccccc2)cc(OC)c1. The lowest BCUT2D eigenvalue weighted by Crippen LogP contribution is -2.23. The van der Waals surface area contributed by atoms with E-state index in [0.717, 1.165) is 5.56 Å². The van der Waals surface area contributed by atoms with Gasteiger partial charge in [-0.15, -0.1) is 10.2 Å². The Morgan fingerprint density at radius 3 is 2.31 bits per heavy atom. The molecule has 1 aromatic heterocycles. The van der Waals surface area contributed by atoms with Gasteiger partial charge in [0.1, 0.15) is 17.3 Å². The lowest BCUT2D eigenvalue weighted by Gasteiger charge is -2.15. The summed E-state index contributed by atoms with van der Waals surface area (Å²) in [6.45, 7) is 2.21. The summed E-state index contributed by atoms with van der Waals surface area (Å²) in [4.78, 5) is 13.0. The number of amides is 1. The van der Waals surface area contributed by atoms with Crippen LogP contribution in [0.2, 0.25) is 0 Å². The average Bonchev–Trinajstić information content (AvgIpc) is 3.26. The van der Waals surface area contributed by atoms with Crippen LogP contribution in [0.4, 0.5) is 10.1 Å². The minimum Gasteiger partial charge on any atom is -0.497 e. The van der Waals surface area contributed by atoms with E-state index >= 15 is 0 Å². The first kappa shape index (κ1) is 24.3. The Morgan fingerprint density at radius 1 is 1.00 bits per heavy atom. The summed E-state index contributed by atoms with van der Waals surface area (Å²) in [6.07, 6.45) is 0. The van der Waals surface area contributed by atoms with Crippen molar-refractivity contribution in [1.82, 2.24) is 14.8 Å². The molecule has 0 fully saturated rings. The maximum absolute atomic E-state index is 14.6. The van der Waals surface area contributed by atoms with Gasteiger partial charge in [-0.3, -0.25) is 9.36 Å². The molecule has 0 aliphatic carbocycles. The second-order valence-corrected chi connectivity index (χ2v) is 9.02. The smallest absolute Gasteiger partial charge is 0.237 e. The molecule has 180 valence electrons. The Balaban J connectivity index is 1.59. The minimum absolute atomic E-state index is 0.230. The Labute approximate surface area is 207 Å². The highest BCUT2D eigenvalue weighted by Gasteiger charge is 2.22. The van der Waals surface area contributed by atoms with E-state index in [-0.39, 0.29) is 11.7 Å². The molecule has 1 unspecified atom stereocenters. The third-order valence-electron chi connectivity index (χ3n) is 5.29. The first-order valence-corrected chi connectivity index (χ1v) is 11.8. The van der Waals surface area contributed by atoms with Gasteiger partial charge in [0.25, 0.3) is 0 Å². The van der Waals surface area contributed by atoms with E-state index in [1.165, 1.54) is 17.8 Å². The molecule has 0 bridgehead atoms. The number of rotatable bonds is 9. The fraction of sp³-hybridized carbons (Fsp3) is 0.192. The highest BCUT2D eigenvalue weighted by Crippen LogP contribution is 2.30. The molecular formula is C26H25FN4O3S. The second-order valence-electron chi connectivity index (χ2n) is 7.71. The Hall–Kier alpha value is -3.85. The molecule has 0 aliphatic heterocycles. The Kier molecular flexibility index (Phi) is 7.67. The van der Waals surface area contributed by atoms with Crippen LogP contribution in [0, 0.1) is 5.82 Å². The van der Waals surface area contributed by atoms with E-state index in [1.807, 2.05) is 34.9 Å². The number of hydrogen-bond donors (Lipinski definition) is 1. The molecule has 1 N–H and O–H groups in total. The number of nitrogens with one attached hydrogen (secondary N) is 1. The topological polar surface area (TPSA) is 78.3 Å². The van der Waals surface area contributed by atoms with Crippen molar-refractivity contribution in [3.8, 4) is 22.9 Å². The summed E-state index contributed by atoms with van der Waals surface area (Å²) in [5.41, 5.74) is 1.91. The van der Waals surface area contributed by atoms with Crippen molar-refractivity contribution < 1.29 is 18.7 Å². The number of benzene rings is 3. The molecule has 0 aliphatic rings. The summed E-state index contributed by atoms with van der Waals surface area (Å²) >= 11 is 1.25. The van der Waals surface area contributed by atoms with Crippen molar-refractivity contribution in [3.05, 3.63) is 84.2 Å². The molecule has 4 aromatic rings. The molecule has 4 rings (SSSR count). The number of anilines is 1. The predicted octanol–water partition coefficient (Wildman–Crippen LogP) is 5.27. The maximum atomic E-state index is 14.6. The Morgan fingerprint density at radius 2 is 1.66 bits per heavy atom. The molecule has 1 amide bonds. The summed E-state index contributed by atoms with van der Waals surface area (Å²) in [5, 5.41) is 11.5. The predicted molar refractivity (Wildman–Crippen MR) is 134 cm³/mol. The van der Waals surface area contributed by atoms with E-state index in [4.69, 9.17) is 9.47 Å². The van der Waals surface area contributed by atoms with Crippen LogP contribution in [0.3, 0.4) is 0 Å². The number of hydrogen-bond acceptors (Lipinski definition) is 6. The fourth-order valence-corrected chi connectivity index (χ4v) is 4.31. The zero-order valence-electron chi connectivity index (χ0n) is 19.6. The van der Waals surface area contributed by atoms with Crippen LogP contribution < -0.4 is 14.8 Å². The number of methoxy groups -OCH3 is 2. The van der Waals surface area contributed by atoms with E-state index < -0.39 is 5.25 Å². The highest BCUT2D eigenvalue weighted by molar-refractivity contribution is 8.00.